The lowest BCUT2D eigenvalue weighted by molar-refractivity contribution is -0.115. The van der Waals surface area contributed by atoms with E-state index in [1.807, 2.05) is 32.0 Å². The van der Waals surface area contributed by atoms with Gasteiger partial charge in [0.2, 0.25) is 5.91 Å². The average molecular weight is 299 g/mol. The maximum Gasteiger partial charge on any atom is 0.230 e. The lowest BCUT2D eigenvalue weighted by atomic mass is 10.0. The van der Waals surface area contributed by atoms with Crippen molar-refractivity contribution in [2.45, 2.75) is 20.3 Å². The number of nitrogens with zero attached hydrogens (tertiary/aromatic N) is 1. The second kappa shape index (κ2) is 7.02. The van der Waals surface area contributed by atoms with Crippen molar-refractivity contribution in [3.05, 3.63) is 46.0 Å². The van der Waals surface area contributed by atoms with Gasteiger partial charge in [0.05, 0.1) is 24.0 Å². The average Bonchev–Trinajstić information content (AvgIpc) is 2.88. The van der Waals surface area contributed by atoms with E-state index in [9.17, 15) is 4.79 Å². The molecule has 0 atom stereocenters. The molecule has 2 rings (SSSR count). The van der Waals surface area contributed by atoms with Crippen LogP contribution in [0.25, 0.3) is 0 Å². The van der Waals surface area contributed by atoms with Gasteiger partial charge >= 0.3 is 0 Å². The number of hydrogen-bond acceptors (Lipinski definition) is 4. The predicted molar refractivity (Wildman–Crippen MR) is 86.3 cm³/mol. The van der Waals surface area contributed by atoms with E-state index < -0.39 is 0 Å². The Morgan fingerprint density at radius 3 is 3.00 bits per heavy atom. The minimum absolute atomic E-state index is 0.0728. The summed E-state index contributed by atoms with van der Waals surface area (Å²) in [6.07, 6.45) is 1.98. The predicted octanol–water partition coefficient (Wildman–Crippen LogP) is 2.25. The minimum Gasteiger partial charge on any atom is -0.320 e. The highest BCUT2D eigenvalue weighted by molar-refractivity contribution is 7.16. The molecular weight excluding hydrogens is 282 g/mol. The molecule has 0 fully saturated rings. The molecule has 0 unspecified atom stereocenters. The van der Waals surface area contributed by atoms with Crippen LogP contribution in [-0.2, 0) is 11.2 Å². The maximum absolute atomic E-state index is 12.1. The van der Waals surface area contributed by atoms with Crippen molar-refractivity contribution in [2.75, 3.05) is 11.9 Å². The molecule has 0 aliphatic rings. The van der Waals surface area contributed by atoms with Gasteiger partial charge < -0.3 is 11.1 Å². The van der Waals surface area contributed by atoms with E-state index in [4.69, 9.17) is 5.73 Å². The second-order valence-corrected chi connectivity index (χ2v) is 5.72. The molecule has 0 radical (unpaired) electrons. The highest BCUT2D eigenvalue weighted by atomic mass is 32.1. The topological polar surface area (TPSA) is 68.0 Å². The number of carbonyl (C=O) groups excluding carboxylic acids is 1. The van der Waals surface area contributed by atoms with Crippen LogP contribution in [0.5, 0.6) is 0 Å². The number of thiazole rings is 1. The van der Waals surface area contributed by atoms with Crippen molar-refractivity contribution in [1.29, 1.82) is 0 Å². The first-order valence-corrected chi connectivity index (χ1v) is 7.41. The highest BCUT2D eigenvalue weighted by Gasteiger charge is 2.09. The van der Waals surface area contributed by atoms with Crippen molar-refractivity contribution in [3.63, 3.8) is 0 Å². The summed E-state index contributed by atoms with van der Waals surface area (Å²) in [5, 5.41) is 3.37. The van der Waals surface area contributed by atoms with E-state index in [1.165, 1.54) is 11.3 Å². The molecule has 4 nitrogen and oxygen atoms in total. The number of benzene rings is 1. The summed E-state index contributed by atoms with van der Waals surface area (Å²) in [7, 11) is 0. The number of rotatable bonds is 3. The Kier molecular flexibility index (Phi) is 5.09. The molecule has 1 aromatic heterocycles. The van der Waals surface area contributed by atoms with Gasteiger partial charge in [0, 0.05) is 0 Å². The number of hydrogen-bond donors (Lipinski definition) is 2. The van der Waals surface area contributed by atoms with Gasteiger partial charge in [-0.1, -0.05) is 46.9 Å². The standard InChI is InChI=1S/C16H17N3OS/c1-11-5-6-12(2)13(8-11)9-15(20)19-16-18-10-14(21-16)4-3-7-17/h5-6,8,10H,7,9,17H2,1-2H3,(H,18,19,20). The van der Waals surface area contributed by atoms with Gasteiger partial charge in [-0.3, -0.25) is 4.79 Å². The molecule has 0 saturated carbocycles. The first-order chi connectivity index (χ1) is 10.1. The van der Waals surface area contributed by atoms with Crippen LogP contribution in [0, 0.1) is 25.7 Å². The molecule has 1 heterocycles. The fourth-order valence-corrected chi connectivity index (χ4v) is 2.56. The largest absolute Gasteiger partial charge is 0.320 e. The Balaban J connectivity index is 2.01. The molecule has 2 aromatic rings. The fourth-order valence-electron chi connectivity index (χ4n) is 1.85. The molecule has 1 aromatic carbocycles. The Morgan fingerprint density at radius 2 is 2.24 bits per heavy atom. The zero-order chi connectivity index (χ0) is 15.2. The summed E-state index contributed by atoms with van der Waals surface area (Å²) in [6, 6.07) is 6.11. The summed E-state index contributed by atoms with van der Waals surface area (Å²) in [6.45, 7) is 4.34. The molecule has 3 N–H and O–H groups in total. The third kappa shape index (κ3) is 4.42. The quantitative estimate of drug-likeness (QED) is 0.854. The SMILES string of the molecule is Cc1ccc(C)c(CC(=O)Nc2ncc(C#CCN)s2)c1. The molecule has 0 bridgehead atoms. The number of anilines is 1. The zero-order valence-corrected chi connectivity index (χ0v) is 12.9. The van der Waals surface area contributed by atoms with Crippen molar-refractivity contribution in [1.82, 2.24) is 4.98 Å². The highest BCUT2D eigenvalue weighted by Crippen LogP contribution is 2.18. The number of nitrogens with one attached hydrogen (secondary N) is 1. The molecule has 0 aliphatic heterocycles. The summed E-state index contributed by atoms with van der Waals surface area (Å²) in [4.78, 5) is 17.0. The van der Waals surface area contributed by atoms with E-state index >= 15 is 0 Å². The summed E-state index contributed by atoms with van der Waals surface area (Å²) < 4.78 is 0. The number of amides is 1. The number of carbonyl (C=O) groups is 1. The Morgan fingerprint density at radius 1 is 1.43 bits per heavy atom. The third-order valence-corrected chi connectivity index (χ3v) is 3.75. The number of nitrogens with two attached hydrogens (primary N) is 1. The van der Waals surface area contributed by atoms with E-state index in [0.29, 0.717) is 18.1 Å². The van der Waals surface area contributed by atoms with Gasteiger partial charge in [0.25, 0.3) is 0 Å². The van der Waals surface area contributed by atoms with Crippen molar-refractivity contribution in [2.24, 2.45) is 5.73 Å². The van der Waals surface area contributed by atoms with E-state index in [2.05, 4.69) is 22.1 Å². The van der Waals surface area contributed by atoms with Gasteiger partial charge in [0.1, 0.15) is 0 Å². The molecular formula is C16H17N3OS. The van der Waals surface area contributed by atoms with Crippen LogP contribution in [0.2, 0.25) is 0 Å². The zero-order valence-electron chi connectivity index (χ0n) is 12.1. The van der Waals surface area contributed by atoms with Crippen LogP contribution in [0.4, 0.5) is 5.13 Å². The molecule has 0 spiro atoms. The van der Waals surface area contributed by atoms with Crippen LogP contribution >= 0.6 is 11.3 Å². The minimum atomic E-state index is -0.0728. The monoisotopic (exact) mass is 299 g/mol. The Hall–Kier alpha value is -2.16. The van der Waals surface area contributed by atoms with Crippen LogP contribution in [0.1, 0.15) is 21.6 Å². The fraction of sp³-hybridized carbons (Fsp3) is 0.250. The van der Waals surface area contributed by atoms with Crippen molar-refractivity contribution < 1.29 is 4.79 Å². The lowest BCUT2D eigenvalue weighted by Gasteiger charge is -2.06. The summed E-state index contributed by atoms with van der Waals surface area (Å²) in [5.74, 6) is 5.58. The van der Waals surface area contributed by atoms with Gasteiger partial charge in [-0.2, -0.15) is 0 Å². The van der Waals surface area contributed by atoms with Gasteiger partial charge in [-0.05, 0) is 25.0 Å². The van der Waals surface area contributed by atoms with Gasteiger partial charge in [-0.15, -0.1) is 0 Å². The van der Waals surface area contributed by atoms with Crippen LogP contribution in [0.15, 0.2) is 24.4 Å². The molecule has 5 heteroatoms. The molecule has 0 aliphatic carbocycles. The summed E-state index contributed by atoms with van der Waals surface area (Å²) in [5.41, 5.74) is 8.62. The van der Waals surface area contributed by atoms with E-state index in [-0.39, 0.29) is 5.91 Å². The third-order valence-electron chi connectivity index (χ3n) is 2.92. The Bertz CT molecular complexity index is 710. The number of aromatic nitrogens is 1. The van der Waals surface area contributed by atoms with Gasteiger partial charge in [0.15, 0.2) is 5.13 Å². The van der Waals surface area contributed by atoms with E-state index in [1.54, 1.807) is 6.20 Å². The first-order valence-electron chi connectivity index (χ1n) is 6.59. The molecule has 108 valence electrons. The maximum atomic E-state index is 12.1. The normalized spacial score (nSPS) is 9.86. The Labute approximate surface area is 128 Å². The van der Waals surface area contributed by atoms with Crippen LogP contribution in [0.3, 0.4) is 0 Å². The molecule has 0 saturated heterocycles. The van der Waals surface area contributed by atoms with Crippen molar-refractivity contribution >= 4 is 22.4 Å². The lowest BCUT2D eigenvalue weighted by Crippen LogP contribution is -2.14. The van der Waals surface area contributed by atoms with Crippen molar-refractivity contribution in [3.8, 4) is 11.8 Å². The van der Waals surface area contributed by atoms with Crippen LogP contribution in [-0.4, -0.2) is 17.4 Å². The first kappa shape index (κ1) is 15.2. The molecule has 1 amide bonds. The summed E-state index contributed by atoms with van der Waals surface area (Å²) >= 11 is 1.35. The van der Waals surface area contributed by atoms with Gasteiger partial charge in [-0.25, -0.2) is 4.98 Å². The smallest absolute Gasteiger partial charge is 0.230 e. The molecule has 21 heavy (non-hydrogen) atoms. The second-order valence-electron chi connectivity index (χ2n) is 4.69. The number of aryl methyl sites for hydroxylation is 2. The van der Waals surface area contributed by atoms with Crippen LogP contribution < -0.4 is 11.1 Å². The van der Waals surface area contributed by atoms with E-state index in [0.717, 1.165) is 21.6 Å².